The number of rotatable bonds is 4. The summed E-state index contributed by atoms with van der Waals surface area (Å²) in [7, 11) is 0. The first-order valence-electron chi connectivity index (χ1n) is 12.4. The molecular formula is C27H36N4O3. The van der Waals surface area contributed by atoms with Crippen LogP contribution < -0.4 is 15.6 Å². The number of aromatic nitrogens is 1. The molecule has 1 aromatic carbocycles. The number of carbonyl (C=O) groups is 2. The molecule has 1 aliphatic carbocycles. The second-order valence-electron chi connectivity index (χ2n) is 10.5. The van der Waals surface area contributed by atoms with Crippen LogP contribution in [0, 0.1) is 0 Å². The van der Waals surface area contributed by atoms with Gasteiger partial charge in [0, 0.05) is 55.8 Å². The number of carbonyl (C=O) groups excluding carboxylic acids is 2. The zero-order chi connectivity index (χ0) is 24.3. The highest BCUT2D eigenvalue weighted by Gasteiger charge is 2.28. The second-order valence-corrected chi connectivity index (χ2v) is 10.5. The van der Waals surface area contributed by atoms with Gasteiger partial charge in [-0.05, 0) is 45.7 Å². The first-order chi connectivity index (χ1) is 16.2. The molecule has 2 aliphatic rings. The van der Waals surface area contributed by atoms with Crippen LogP contribution in [0.2, 0.25) is 0 Å². The van der Waals surface area contributed by atoms with E-state index in [1.165, 1.54) is 6.42 Å². The molecule has 0 unspecified atom stereocenters. The fourth-order valence-corrected chi connectivity index (χ4v) is 4.89. The van der Waals surface area contributed by atoms with Crippen LogP contribution in [-0.4, -0.2) is 53.0 Å². The Morgan fingerprint density at radius 2 is 1.50 bits per heavy atom. The molecule has 2 fully saturated rings. The van der Waals surface area contributed by atoms with Crippen LogP contribution in [0.15, 0.2) is 47.5 Å². The van der Waals surface area contributed by atoms with Gasteiger partial charge < -0.3 is 19.7 Å². The third kappa shape index (κ3) is 5.51. The number of hydrogen-bond donors (Lipinski definition) is 1. The van der Waals surface area contributed by atoms with Gasteiger partial charge in [-0.15, -0.1) is 0 Å². The lowest BCUT2D eigenvalue weighted by atomic mass is 9.95. The average Bonchev–Trinajstić information content (AvgIpc) is 2.84. The Kier molecular flexibility index (Phi) is 7.10. The zero-order valence-electron chi connectivity index (χ0n) is 20.5. The Morgan fingerprint density at radius 1 is 0.882 bits per heavy atom. The molecule has 7 nitrogen and oxygen atoms in total. The molecule has 2 amide bonds. The summed E-state index contributed by atoms with van der Waals surface area (Å²) >= 11 is 0. The van der Waals surface area contributed by atoms with E-state index in [1.54, 1.807) is 17.3 Å². The number of nitrogens with one attached hydrogen (secondary N) is 1. The number of amides is 2. The summed E-state index contributed by atoms with van der Waals surface area (Å²) in [5, 5.41) is 2.89. The van der Waals surface area contributed by atoms with Gasteiger partial charge in [-0.1, -0.05) is 37.5 Å². The number of anilines is 1. The third-order valence-electron chi connectivity index (χ3n) is 6.69. The molecule has 0 spiro atoms. The summed E-state index contributed by atoms with van der Waals surface area (Å²) in [6, 6.07) is 10.3. The van der Waals surface area contributed by atoms with E-state index in [9.17, 15) is 14.4 Å². The predicted octanol–water partition coefficient (Wildman–Crippen LogP) is 3.84. The molecule has 2 heterocycles. The molecule has 1 aromatic heterocycles. The van der Waals surface area contributed by atoms with E-state index in [2.05, 4.69) is 22.3 Å². The van der Waals surface area contributed by atoms with Gasteiger partial charge in [0.05, 0.1) is 0 Å². The van der Waals surface area contributed by atoms with Gasteiger partial charge >= 0.3 is 0 Å². The maximum atomic E-state index is 13.5. The standard InChI is InChI=1S/C27H36N4O3/c1-27(2,3)28-25(33)22-18-31(21-12-8-5-9-13-21)19-23(24(22)32)26(34)30-16-14-29(15-17-30)20-10-6-4-7-11-20/h4,6-7,10-11,18-19,21H,5,8-9,12-17H2,1-3H3,(H,28,33). The summed E-state index contributed by atoms with van der Waals surface area (Å²) in [6.07, 6.45) is 8.77. The van der Waals surface area contributed by atoms with Crippen molar-refractivity contribution in [3.8, 4) is 0 Å². The first kappa shape index (κ1) is 24.0. The fraction of sp³-hybridized carbons (Fsp3) is 0.519. The molecule has 1 N–H and O–H groups in total. The van der Waals surface area contributed by atoms with Gasteiger partial charge in [-0.3, -0.25) is 14.4 Å². The summed E-state index contributed by atoms with van der Waals surface area (Å²) in [6.45, 7) is 8.13. The van der Waals surface area contributed by atoms with Crippen molar-refractivity contribution in [2.45, 2.75) is 64.5 Å². The Bertz CT molecular complexity index is 1070. The number of piperazine rings is 1. The lowest BCUT2D eigenvalue weighted by Crippen LogP contribution is -2.50. The van der Waals surface area contributed by atoms with Crippen LogP contribution in [-0.2, 0) is 0 Å². The lowest BCUT2D eigenvalue weighted by molar-refractivity contribution is 0.0744. The smallest absolute Gasteiger partial charge is 0.259 e. The monoisotopic (exact) mass is 464 g/mol. The minimum atomic E-state index is -0.482. The molecule has 1 saturated heterocycles. The number of hydrogen-bond acceptors (Lipinski definition) is 4. The van der Waals surface area contributed by atoms with Crippen LogP contribution >= 0.6 is 0 Å². The molecule has 1 aliphatic heterocycles. The second kappa shape index (κ2) is 10.0. The van der Waals surface area contributed by atoms with Crippen molar-refractivity contribution in [2.24, 2.45) is 0 Å². The number of nitrogens with zero attached hydrogens (tertiary/aromatic N) is 3. The SMILES string of the molecule is CC(C)(C)NC(=O)c1cn(C2CCCCC2)cc(C(=O)N2CCN(c3ccccc3)CC2)c1=O. The van der Waals surface area contributed by atoms with Gasteiger partial charge in [-0.25, -0.2) is 0 Å². The van der Waals surface area contributed by atoms with Crippen molar-refractivity contribution in [2.75, 3.05) is 31.1 Å². The summed E-state index contributed by atoms with van der Waals surface area (Å²) < 4.78 is 1.95. The Hall–Kier alpha value is -3.09. The zero-order valence-corrected chi connectivity index (χ0v) is 20.5. The van der Waals surface area contributed by atoms with Crippen molar-refractivity contribution in [3.05, 3.63) is 64.1 Å². The highest BCUT2D eigenvalue weighted by molar-refractivity contribution is 5.99. The van der Waals surface area contributed by atoms with E-state index in [-0.39, 0.29) is 23.1 Å². The summed E-state index contributed by atoms with van der Waals surface area (Å²) in [5.74, 6) is -0.710. The van der Waals surface area contributed by atoms with Gasteiger partial charge in [-0.2, -0.15) is 0 Å². The van der Waals surface area contributed by atoms with Crippen LogP contribution in [0.25, 0.3) is 0 Å². The molecule has 34 heavy (non-hydrogen) atoms. The quantitative estimate of drug-likeness (QED) is 0.746. The summed E-state index contributed by atoms with van der Waals surface area (Å²) in [4.78, 5) is 43.9. The van der Waals surface area contributed by atoms with Crippen molar-refractivity contribution < 1.29 is 9.59 Å². The molecular weight excluding hydrogens is 428 g/mol. The highest BCUT2D eigenvalue weighted by atomic mass is 16.2. The first-order valence-corrected chi connectivity index (χ1v) is 12.4. The molecule has 182 valence electrons. The molecule has 0 atom stereocenters. The normalized spacial score (nSPS) is 17.5. The van der Waals surface area contributed by atoms with Crippen LogP contribution in [0.4, 0.5) is 5.69 Å². The maximum absolute atomic E-state index is 13.5. The minimum Gasteiger partial charge on any atom is -0.368 e. The lowest BCUT2D eigenvalue weighted by Gasteiger charge is -2.36. The van der Waals surface area contributed by atoms with Crippen molar-refractivity contribution in [1.82, 2.24) is 14.8 Å². The number of para-hydroxylation sites is 1. The Morgan fingerprint density at radius 3 is 2.12 bits per heavy atom. The molecule has 7 heteroatoms. The van der Waals surface area contributed by atoms with E-state index >= 15 is 0 Å². The van der Waals surface area contributed by atoms with E-state index in [0.29, 0.717) is 26.2 Å². The van der Waals surface area contributed by atoms with Crippen LogP contribution in [0.1, 0.15) is 79.6 Å². The number of benzene rings is 1. The van der Waals surface area contributed by atoms with Crippen molar-refractivity contribution >= 4 is 17.5 Å². The Balaban J connectivity index is 1.60. The van der Waals surface area contributed by atoms with Gasteiger partial charge in [0.2, 0.25) is 5.43 Å². The molecule has 0 radical (unpaired) electrons. The maximum Gasteiger partial charge on any atom is 0.259 e. The average molecular weight is 465 g/mol. The largest absolute Gasteiger partial charge is 0.368 e. The molecule has 1 saturated carbocycles. The minimum absolute atomic E-state index is 0.0502. The van der Waals surface area contributed by atoms with E-state index < -0.39 is 16.9 Å². The topological polar surface area (TPSA) is 74.7 Å². The van der Waals surface area contributed by atoms with E-state index in [1.807, 2.05) is 43.5 Å². The van der Waals surface area contributed by atoms with E-state index in [0.717, 1.165) is 31.4 Å². The van der Waals surface area contributed by atoms with Crippen molar-refractivity contribution in [3.63, 3.8) is 0 Å². The highest BCUT2D eigenvalue weighted by Crippen LogP contribution is 2.28. The van der Waals surface area contributed by atoms with Crippen molar-refractivity contribution in [1.29, 1.82) is 0 Å². The van der Waals surface area contributed by atoms with Crippen LogP contribution in [0.3, 0.4) is 0 Å². The van der Waals surface area contributed by atoms with E-state index in [4.69, 9.17) is 0 Å². The molecule has 2 aromatic rings. The predicted molar refractivity (Wildman–Crippen MR) is 135 cm³/mol. The third-order valence-corrected chi connectivity index (χ3v) is 6.69. The van der Waals surface area contributed by atoms with Gasteiger partial charge in [0.1, 0.15) is 11.1 Å². The Labute approximate surface area is 201 Å². The number of pyridine rings is 1. The molecule has 0 bridgehead atoms. The fourth-order valence-electron chi connectivity index (χ4n) is 4.89. The van der Waals surface area contributed by atoms with Crippen LogP contribution in [0.5, 0.6) is 0 Å². The van der Waals surface area contributed by atoms with Gasteiger partial charge in [0.25, 0.3) is 11.8 Å². The summed E-state index contributed by atoms with van der Waals surface area (Å²) in [5.41, 5.74) is 0.321. The van der Waals surface area contributed by atoms with Gasteiger partial charge in [0.15, 0.2) is 0 Å². The molecule has 4 rings (SSSR count).